The van der Waals surface area contributed by atoms with Gasteiger partial charge in [-0.1, -0.05) is 188 Å². The van der Waals surface area contributed by atoms with Gasteiger partial charge in [-0.3, -0.25) is 53.7 Å². The molecule has 0 aliphatic rings. The number of carbonyl (C=O) groups is 6. The van der Waals surface area contributed by atoms with Gasteiger partial charge in [0, 0.05) is 86.4 Å². The second-order valence-electron chi connectivity index (χ2n) is 31.0. The van der Waals surface area contributed by atoms with Crippen molar-refractivity contribution in [2.24, 2.45) is 5.92 Å². The molecule has 129 heavy (non-hydrogen) atoms. The molecule has 27 heteroatoms. The summed E-state index contributed by atoms with van der Waals surface area (Å²) >= 11 is 0.642. The molecule has 6 aromatic carbocycles. The van der Waals surface area contributed by atoms with E-state index in [1.54, 1.807) is 136 Å². The van der Waals surface area contributed by atoms with Gasteiger partial charge < -0.3 is 0 Å². The molecule has 12 rings (SSSR count). The van der Waals surface area contributed by atoms with Gasteiger partial charge in [0.15, 0.2) is 34.7 Å². The number of aromatic nitrogens is 6. The van der Waals surface area contributed by atoms with Crippen LogP contribution in [0.3, 0.4) is 0 Å². The molecule has 0 aliphatic carbocycles. The highest BCUT2D eigenvalue weighted by atomic mass is 32.1. The fourth-order valence-corrected chi connectivity index (χ4v) is 12.6. The molecule has 14 nitrogen and oxygen atoms in total. The van der Waals surface area contributed by atoms with Crippen molar-refractivity contribution in [3.05, 3.63) is 375 Å². The van der Waals surface area contributed by atoms with Crippen LogP contribution in [0.25, 0.3) is 0 Å². The summed E-state index contributed by atoms with van der Waals surface area (Å²) in [6, 6.07) is 43.1. The number of carbonyl (C=O) groups excluding carboxylic acids is 6. The Kier molecular flexibility index (Phi) is 45.3. The summed E-state index contributed by atoms with van der Waals surface area (Å²) in [4.78, 5) is 96.2. The first-order valence-corrected chi connectivity index (χ1v) is 43.3. The van der Waals surface area contributed by atoms with Gasteiger partial charge in [-0.25, -0.2) is 40.1 Å². The number of alkyl halides is 5. The van der Waals surface area contributed by atoms with Crippen molar-refractivity contribution in [1.82, 2.24) is 29.9 Å². The monoisotopic (exact) mass is 1820 g/mol. The van der Waals surface area contributed by atoms with E-state index in [-0.39, 0.29) is 131 Å². The number of hydrogen-bond donors (Lipinski definition) is 0. The van der Waals surface area contributed by atoms with E-state index in [0.29, 0.717) is 67.3 Å². The molecule has 684 valence electrons. The lowest BCUT2D eigenvalue weighted by atomic mass is 9.96. The van der Waals surface area contributed by atoms with Crippen LogP contribution in [-0.2, 0) is 62.2 Å². The molecule has 12 aromatic rings. The molecule has 6 aromatic heterocycles. The molecule has 0 amide bonds. The minimum absolute atomic E-state index is 0.00530. The van der Waals surface area contributed by atoms with E-state index in [4.69, 9.17) is 8.42 Å². The average Bonchev–Trinajstić information content (AvgIpc) is 1.44. The van der Waals surface area contributed by atoms with Crippen molar-refractivity contribution in [2.75, 3.05) is 0 Å². The lowest BCUT2D eigenvalue weighted by Gasteiger charge is -2.20. The maximum Gasteiger partial charge on any atom is 0.418 e. The Balaban J connectivity index is 0.000000321. The second kappa shape index (κ2) is 53.5. The molecule has 0 atom stereocenters. The van der Waals surface area contributed by atoms with Crippen LogP contribution in [0.1, 0.15) is 278 Å². The van der Waals surface area contributed by atoms with E-state index >= 15 is 0 Å². The number of thiazole rings is 1. The SMILES string of the molecule is CC.CC.CC(C)c1cc(CC(=O)c2ccc(C(F)(F)C(C)C)cn2)ccc1F.CC(C)c1cc(CC(=O)c2ncccc2C(F)(F)F)ccc1F.Cc1cc(CC(=O)c2cscn2)ccc1F.Cc1ccc(C(=O)Cc2ccc(F)c(C(C)C)c2)nc1.Cc1ccc(C(=O)Cc2ccc(F)c(C(C)C)c2)nc1.Cc1ccc(C(=O)Cc2ccc(F)c(C)c2)nc1.O=S=O. The summed E-state index contributed by atoms with van der Waals surface area (Å²) in [6.45, 7) is 35.1. The highest BCUT2D eigenvalue weighted by Crippen LogP contribution is 2.36. The molecule has 6 heterocycles. The highest BCUT2D eigenvalue weighted by molar-refractivity contribution is 7.51. The third-order valence-electron chi connectivity index (χ3n) is 19.2. The molecule has 0 fully saturated rings. The lowest BCUT2D eigenvalue weighted by molar-refractivity contribution is -0.138. The Morgan fingerprint density at radius 1 is 0.341 bits per heavy atom. The number of ketones is 6. The Bertz CT molecular complexity index is 5570. The first-order valence-electron chi connectivity index (χ1n) is 41.7. The van der Waals surface area contributed by atoms with Crippen LogP contribution in [0.5, 0.6) is 0 Å². The van der Waals surface area contributed by atoms with Crippen LogP contribution < -0.4 is 0 Å². The van der Waals surface area contributed by atoms with E-state index in [0.717, 1.165) is 63.5 Å². The van der Waals surface area contributed by atoms with Gasteiger partial charge in [-0.2, -0.15) is 21.6 Å². The van der Waals surface area contributed by atoms with E-state index in [2.05, 4.69) is 29.9 Å². The molecule has 0 N–H and O–H groups in total. The first kappa shape index (κ1) is 109. The zero-order chi connectivity index (χ0) is 96.7. The lowest BCUT2D eigenvalue weighted by Crippen LogP contribution is -2.21. The fraction of sp³-hybridized carbons (Fsp3) is 0.314. The average molecular weight is 1820 g/mol. The Morgan fingerprint density at radius 2 is 0.620 bits per heavy atom. The minimum atomic E-state index is -4.65. The third-order valence-corrected chi connectivity index (χ3v) is 19.8. The number of aryl methyl sites for hydroxylation is 5. The highest BCUT2D eigenvalue weighted by Gasteiger charge is 2.37. The first-order chi connectivity index (χ1) is 60.9. The molecule has 0 aliphatic heterocycles. The fourth-order valence-electron chi connectivity index (χ4n) is 12.1. The summed E-state index contributed by atoms with van der Waals surface area (Å²) in [5.41, 5.74) is 12.5. The number of benzene rings is 6. The second-order valence-corrected chi connectivity index (χ2v) is 31.9. The molecule has 0 radical (unpaired) electrons. The molecule has 0 saturated carbocycles. The van der Waals surface area contributed by atoms with Gasteiger partial charge in [0.1, 0.15) is 69.1 Å². The Labute approximate surface area is 755 Å². The quantitative estimate of drug-likeness (QED) is 0.0407. The van der Waals surface area contributed by atoms with E-state index in [1.165, 1.54) is 85.8 Å². The number of halogens is 11. The topological polar surface area (TPSA) is 214 Å². The van der Waals surface area contributed by atoms with Crippen molar-refractivity contribution in [3.63, 3.8) is 0 Å². The van der Waals surface area contributed by atoms with Crippen LogP contribution >= 0.6 is 11.3 Å². The molecule has 0 spiro atoms. The van der Waals surface area contributed by atoms with Crippen LogP contribution in [0, 0.1) is 75.4 Å². The standard InChI is InChI=1S/C20H22F3NO.C17H15F4NO.2C17H18FNO.C15H14FNO.C12H10FNOS.2C2H6.O2S/c1-12(2)16-9-14(5-7-17(16)21)10-19(25)18-8-6-15(11-24-18)20(22,23)13(3)4;1-10(2)12-8-11(5-6-14(12)18)9-15(23)16-13(17(19,20)21)4-3-7-22-16;2*1-11(2)14-8-13(5-6-15(14)18)9-17(20)16-7-4-12(3)10-19-16;1-10-3-6-14(17-9-10)15(18)8-12-4-5-13(16)11(2)7-12;1-8-4-9(2-3-10(8)13)5-12(15)11-6-16-7-14-11;2*1-2;1-3-2/h5-9,11-13H,10H2,1-4H3;3-8,10H,9H2,1-2H3;2*4-8,10-11H,9H2,1-3H3;3-7,9H,8H2,1-2H3;2-4,6-7H,5H2,1H3;2*1-2H3;. The summed E-state index contributed by atoms with van der Waals surface area (Å²) in [7, 11) is 0. The van der Waals surface area contributed by atoms with Gasteiger partial charge >= 0.3 is 17.7 Å². The number of pyridine rings is 5. The normalized spacial score (nSPS) is 10.7. The smallest absolute Gasteiger partial charge is 0.292 e. The predicted molar refractivity (Wildman–Crippen MR) is 485 cm³/mol. The van der Waals surface area contributed by atoms with Gasteiger partial charge in [0.2, 0.25) is 0 Å². The number of hydrogen-bond acceptors (Lipinski definition) is 15. The molecular formula is C102H109F11N6O8S2. The van der Waals surface area contributed by atoms with E-state index < -0.39 is 52.4 Å². The largest absolute Gasteiger partial charge is 0.418 e. The van der Waals surface area contributed by atoms with Crippen LogP contribution in [0.15, 0.2) is 212 Å². The Morgan fingerprint density at radius 3 is 0.868 bits per heavy atom. The van der Waals surface area contributed by atoms with Crippen molar-refractivity contribution < 1.29 is 85.5 Å². The molecule has 0 saturated heterocycles. The Hall–Kier alpha value is -12.2. The summed E-state index contributed by atoms with van der Waals surface area (Å²) in [5.74, 6) is -6.59. The van der Waals surface area contributed by atoms with E-state index in [1.807, 2.05) is 108 Å². The summed E-state index contributed by atoms with van der Waals surface area (Å²) < 4.78 is 164. The van der Waals surface area contributed by atoms with Crippen molar-refractivity contribution in [2.45, 2.75) is 206 Å². The number of rotatable bonds is 24. The van der Waals surface area contributed by atoms with Crippen molar-refractivity contribution in [3.8, 4) is 0 Å². The van der Waals surface area contributed by atoms with Gasteiger partial charge in [-0.15, -0.1) is 11.3 Å². The van der Waals surface area contributed by atoms with Crippen LogP contribution in [0.4, 0.5) is 48.3 Å². The van der Waals surface area contributed by atoms with Gasteiger partial charge in [0.25, 0.3) is 5.92 Å². The summed E-state index contributed by atoms with van der Waals surface area (Å²) in [6.07, 6.45) is 3.37. The molecule has 0 unspecified atom stereocenters. The van der Waals surface area contributed by atoms with Crippen molar-refractivity contribution in [1.29, 1.82) is 0 Å². The van der Waals surface area contributed by atoms with Gasteiger partial charge in [0.05, 0.1) is 11.1 Å². The predicted octanol–water partition coefficient (Wildman–Crippen LogP) is 26.1. The third kappa shape index (κ3) is 35.4. The number of nitrogens with zero attached hydrogens (tertiary/aromatic N) is 6. The molecular weight excluding hydrogens is 1710 g/mol. The summed E-state index contributed by atoms with van der Waals surface area (Å²) in [5, 5.41) is 1.72. The zero-order valence-corrected chi connectivity index (χ0v) is 77.4. The maximum atomic E-state index is 14.0. The van der Waals surface area contributed by atoms with E-state index in [9.17, 15) is 77.1 Å². The minimum Gasteiger partial charge on any atom is -0.292 e. The van der Waals surface area contributed by atoms with Crippen molar-refractivity contribution >= 4 is 57.6 Å². The molecule has 0 bridgehead atoms. The maximum absolute atomic E-state index is 14.0. The number of Topliss-reactive ketones (excluding diaryl/α,β-unsaturated/α-hetero) is 6. The van der Waals surface area contributed by atoms with Crippen LogP contribution in [0.2, 0.25) is 0 Å². The zero-order valence-electron chi connectivity index (χ0n) is 75.8. The van der Waals surface area contributed by atoms with Gasteiger partial charge in [-0.05, 0) is 221 Å². The van der Waals surface area contributed by atoms with Crippen LogP contribution in [-0.4, -0.2) is 73.0 Å².